The lowest BCUT2D eigenvalue weighted by atomic mass is 10.1. The molecular weight excluding hydrogens is 824 g/mol. The summed E-state index contributed by atoms with van der Waals surface area (Å²) in [5, 5.41) is 12.2. The SMILES string of the molecule is CC(C)OC(=O)[C@@H]1O[C@H](CNC(=O)[C@@H]2O[C@H](CNC(=O)[C@@H]3O[C@H](CNC(=O)[C@@H]4O[C@H](CN=[N+]=[N-])[C@@H]5OC(C)(C)O[C@@H]54)[C@@H]4OC(C)(C)O[C@@H]43)[C@@H]3OC(C)(C)O[C@@H]32)[C@@H]2OC(C)(C)O[C@@H]21. The fourth-order valence-corrected chi connectivity index (χ4v) is 9.51. The zero-order chi connectivity index (χ0) is 44.7. The molecule has 8 fully saturated rings. The predicted octanol–water partition coefficient (Wildman–Crippen LogP) is -0.253. The third-order valence-corrected chi connectivity index (χ3v) is 11.7. The number of azide groups is 1. The van der Waals surface area contributed by atoms with Gasteiger partial charge in [-0.1, -0.05) is 5.11 Å². The molecule has 3 amide bonds. The molecule has 16 atom stereocenters. The zero-order valence-corrected chi connectivity index (χ0v) is 36.4. The van der Waals surface area contributed by atoms with Crippen LogP contribution in [0.3, 0.4) is 0 Å². The van der Waals surface area contributed by atoms with Crippen LogP contribution in [0, 0.1) is 0 Å². The van der Waals surface area contributed by atoms with Crippen molar-refractivity contribution in [1.29, 1.82) is 0 Å². The Balaban J connectivity index is 0.876. The smallest absolute Gasteiger partial charge is 0.338 e. The number of fused-ring (bicyclic) bond motifs is 4. The first-order chi connectivity index (χ1) is 29.0. The van der Waals surface area contributed by atoms with Gasteiger partial charge in [0.1, 0.15) is 67.1 Å². The van der Waals surface area contributed by atoms with Crippen LogP contribution < -0.4 is 16.0 Å². The van der Waals surface area contributed by atoms with E-state index in [1.807, 2.05) is 0 Å². The summed E-state index contributed by atoms with van der Waals surface area (Å²) < 4.78 is 78.4. The van der Waals surface area contributed by atoms with Crippen LogP contribution in [-0.2, 0) is 80.8 Å². The van der Waals surface area contributed by atoms with Crippen molar-refractivity contribution >= 4 is 23.7 Å². The number of rotatable bonds is 13. The van der Waals surface area contributed by atoms with Gasteiger partial charge in [0.25, 0.3) is 17.7 Å². The number of hydrogen-bond donors (Lipinski definition) is 3. The van der Waals surface area contributed by atoms with Crippen LogP contribution in [0.25, 0.3) is 10.4 Å². The third kappa shape index (κ3) is 9.02. The first kappa shape index (κ1) is 45.3. The van der Waals surface area contributed by atoms with Gasteiger partial charge in [-0.3, -0.25) is 14.4 Å². The van der Waals surface area contributed by atoms with E-state index in [9.17, 15) is 19.2 Å². The maximum atomic E-state index is 13.9. The topological polar surface area (TPSA) is 273 Å². The van der Waals surface area contributed by atoms with Crippen LogP contribution in [0.15, 0.2) is 5.11 Å². The average Bonchev–Trinajstić information content (AvgIpc) is 4.04. The monoisotopic (exact) mass is 882 g/mol. The molecule has 0 aromatic carbocycles. The molecule has 346 valence electrons. The molecule has 8 aliphatic rings. The van der Waals surface area contributed by atoms with Crippen molar-refractivity contribution in [2.75, 3.05) is 26.2 Å². The van der Waals surface area contributed by atoms with Crippen molar-refractivity contribution in [1.82, 2.24) is 16.0 Å². The molecule has 8 rings (SSSR count). The molecule has 0 radical (unpaired) electrons. The van der Waals surface area contributed by atoms with Gasteiger partial charge >= 0.3 is 5.97 Å². The molecular formula is C39H58N6O17. The van der Waals surface area contributed by atoms with Gasteiger partial charge in [0.15, 0.2) is 47.6 Å². The van der Waals surface area contributed by atoms with Gasteiger partial charge in [-0.25, -0.2) is 4.79 Å². The summed E-state index contributed by atoms with van der Waals surface area (Å²) in [5.41, 5.74) is 8.85. The third-order valence-electron chi connectivity index (χ3n) is 11.7. The van der Waals surface area contributed by atoms with Crippen molar-refractivity contribution < 1.29 is 80.8 Å². The second kappa shape index (κ2) is 16.6. The molecule has 0 aromatic rings. The van der Waals surface area contributed by atoms with Gasteiger partial charge in [-0.05, 0) is 74.8 Å². The number of nitrogens with one attached hydrogen (secondary N) is 3. The average molecular weight is 883 g/mol. The van der Waals surface area contributed by atoms with Crippen LogP contribution >= 0.6 is 0 Å². The molecule has 0 bridgehead atoms. The first-order valence-electron chi connectivity index (χ1n) is 21.1. The van der Waals surface area contributed by atoms with E-state index in [2.05, 4.69) is 26.0 Å². The van der Waals surface area contributed by atoms with Gasteiger partial charge in [-0.2, -0.15) is 0 Å². The minimum atomic E-state index is -1.14. The van der Waals surface area contributed by atoms with Crippen molar-refractivity contribution in [3.05, 3.63) is 10.4 Å². The highest BCUT2D eigenvalue weighted by atomic mass is 16.8. The first-order valence-corrected chi connectivity index (χ1v) is 21.1. The number of esters is 1. The molecule has 0 saturated carbocycles. The van der Waals surface area contributed by atoms with E-state index in [1.165, 1.54) is 0 Å². The number of carbonyl (C=O) groups is 4. The molecule has 8 saturated heterocycles. The highest BCUT2D eigenvalue weighted by Crippen LogP contribution is 2.43. The van der Waals surface area contributed by atoms with Crippen LogP contribution in [0.5, 0.6) is 0 Å². The van der Waals surface area contributed by atoms with Crippen LogP contribution in [0.4, 0.5) is 0 Å². The van der Waals surface area contributed by atoms with E-state index in [1.54, 1.807) is 69.2 Å². The second-order valence-electron chi connectivity index (χ2n) is 18.8. The Bertz CT molecular complexity index is 1810. The summed E-state index contributed by atoms with van der Waals surface area (Å²) in [4.78, 5) is 56.9. The van der Waals surface area contributed by atoms with Gasteiger partial charge in [0.2, 0.25) is 0 Å². The molecule has 0 unspecified atom stereocenters. The van der Waals surface area contributed by atoms with Gasteiger partial charge in [0, 0.05) is 24.5 Å². The van der Waals surface area contributed by atoms with Crippen LogP contribution in [0.2, 0.25) is 0 Å². The Labute approximate surface area is 357 Å². The van der Waals surface area contributed by atoms with E-state index in [-0.39, 0.29) is 32.3 Å². The van der Waals surface area contributed by atoms with Crippen molar-refractivity contribution in [3.8, 4) is 0 Å². The van der Waals surface area contributed by atoms with E-state index < -0.39 is 145 Å². The highest BCUT2D eigenvalue weighted by molar-refractivity contribution is 5.84. The van der Waals surface area contributed by atoms with Gasteiger partial charge in [0.05, 0.1) is 18.8 Å². The normalized spacial score (nSPS) is 42.4. The summed E-state index contributed by atoms with van der Waals surface area (Å²) in [5.74, 6) is -6.24. The van der Waals surface area contributed by atoms with E-state index in [4.69, 9.17) is 67.1 Å². The summed E-state index contributed by atoms with van der Waals surface area (Å²) in [6.45, 7) is 17.0. The number of nitrogens with zero attached hydrogens (tertiary/aromatic N) is 3. The Kier molecular flexibility index (Phi) is 12.1. The highest BCUT2D eigenvalue weighted by Gasteiger charge is 2.62. The summed E-state index contributed by atoms with van der Waals surface area (Å²) in [6, 6.07) is 0. The number of carbonyl (C=O) groups excluding carboxylic acids is 4. The summed E-state index contributed by atoms with van der Waals surface area (Å²) in [7, 11) is 0. The maximum Gasteiger partial charge on any atom is 0.338 e. The molecule has 3 N–H and O–H groups in total. The molecule has 62 heavy (non-hydrogen) atoms. The molecule has 23 heteroatoms. The molecule has 23 nitrogen and oxygen atoms in total. The standard InChI is InChI=1S/C39H58N6O17/c1-15(2)50-35(49)31-27-22(57-39(9,10)62-27)18(54-31)13-43-33(47)29-25-20(55-37(5,6)60-25)16(52-29)11-41-32(46)28-24-21(56-36(3,4)59-24)17(51-28)12-42-34(48)30-26-23(58-38(7,8)61-26)19(53-30)14-44-45-40/h15-31H,11-14H2,1-10H3,(H,41,46)(H,42,48)(H,43,47)/t16-,17-,18-,19-,20+,21+,22+,23+,24+,25+,26+,27+,28-,29-,30-,31-/m1/s1. The lowest BCUT2D eigenvalue weighted by Gasteiger charge is -2.26. The lowest BCUT2D eigenvalue weighted by molar-refractivity contribution is -0.197. The van der Waals surface area contributed by atoms with Gasteiger partial charge < -0.3 is 77.5 Å². The zero-order valence-electron chi connectivity index (χ0n) is 36.4. The fraction of sp³-hybridized carbons (Fsp3) is 0.897. The number of amides is 3. The second-order valence-corrected chi connectivity index (χ2v) is 18.8. The quantitative estimate of drug-likeness (QED) is 0.0931. The molecule has 8 aliphatic heterocycles. The van der Waals surface area contributed by atoms with E-state index in [0.29, 0.717) is 0 Å². The van der Waals surface area contributed by atoms with Crippen molar-refractivity contribution in [2.24, 2.45) is 5.11 Å². The summed E-state index contributed by atoms with van der Waals surface area (Å²) >= 11 is 0. The number of hydrogen-bond acceptors (Lipinski definition) is 18. The minimum absolute atomic E-state index is 0.0392. The van der Waals surface area contributed by atoms with Crippen LogP contribution in [0.1, 0.15) is 69.2 Å². The fourth-order valence-electron chi connectivity index (χ4n) is 9.51. The largest absolute Gasteiger partial charge is 0.461 e. The minimum Gasteiger partial charge on any atom is -0.461 e. The Morgan fingerprint density at radius 2 is 0.806 bits per heavy atom. The van der Waals surface area contributed by atoms with Crippen LogP contribution in [-0.4, -0.2) is 177 Å². The van der Waals surface area contributed by atoms with E-state index in [0.717, 1.165) is 0 Å². The van der Waals surface area contributed by atoms with Crippen molar-refractivity contribution in [2.45, 2.75) is 196 Å². The molecule has 0 spiro atoms. The maximum absolute atomic E-state index is 13.9. The Hall–Kier alpha value is -3.29. The predicted molar refractivity (Wildman–Crippen MR) is 204 cm³/mol. The van der Waals surface area contributed by atoms with E-state index >= 15 is 0 Å². The molecule has 0 aliphatic carbocycles. The number of ether oxygens (including phenoxy) is 13. The molecule has 8 heterocycles. The Morgan fingerprint density at radius 1 is 0.516 bits per heavy atom. The summed E-state index contributed by atoms with van der Waals surface area (Å²) in [6.07, 6.45) is -13.7. The van der Waals surface area contributed by atoms with Gasteiger partial charge in [-0.15, -0.1) is 0 Å². The Morgan fingerprint density at radius 3 is 1.15 bits per heavy atom. The molecule has 0 aromatic heterocycles. The lowest BCUT2D eigenvalue weighted by Crippen LogP contribution is -2.47. The van der Waals surface area contributed by atoms with Crippen molar-refractivity contribution in [3.63, 3.8) is 0 Å².